The van der Waals surface area contributed by atoms with Gasteiger partial charge in [0, 0.05) is 11.1 Å². The lowest BCUT2D eigenvalue weighted by molar-refractivity contribution is 0.464. The summed E-state index contributed by atoms with van der Waals surface area (Å²) in [6.45, 7) is 2.01. The van der Waals surface area contributed by atoms with Crippen LogP contribution in [0.15, 0.2) is 68.7 Å². The van der Waals surface area contributed by atoms with E-state index in [0.717, 1.165) is 16.7 Å². The maximum absolute atomic E-state index is 5.71. The monoisotopic (exact) mass is 350 g/mol. The summed E-state index contributed by atoms with van der Waals surface area (Å²) >= 11 is 1.37. The van der Waals surface area contributed by atoms with Crippen molar-refractivity contribution in [2.24, 2.45) is 0 Å². The molecule has 0 atom stereocenters. The van der Waals surface area contributed by atoms with Gasteiger partial charge in [-0.15, -0.1) is 20.4 Å². The van der Waals surface area contributed by atoms with Gasteiger partial charge in [0.1, 0.15) is 0 Å². The van der Waals surface area contributed by atoms with Crippen LogP contribution in [0, 0.1) is 6.92 Å². The molecule has 0 spiro atoms. The average Bonchev–Trinajstić information content (AvgIpc) is 3.31. The second-order valence-electron chi connectivity index (χ2n) is 5.34. The van der Waals surface area contributed by atoms with Gasteiger partial charge in [-0.1, -0.05) is 48.2 Å². The Kier molecular flexibility index (Phi) is 4.30. The minimum Gasteiger partial charge on any atom is -0.420 e. The van der Waals surface area contributed by atoms with E-state index >= 15 is 0 Å². The van der Waals surface area contributed by atoms with E-state index in [9.17, 15) is 0 Å². The fraction of sp³-hybridized carbons (Fsp3) is 0.111. The highest BCUT2D eigenvalue weighted by Crippen LogP contribution is 2.27. The summed E-state index contributed by atoms with van der Waals surface area (Å²) in [6, 6.07) is 17.6. The van der Waals surface area contributed by atoms with Crippen LogP contribution >= 0.6 is 11.8 Å². The van der Waals surface area contributed by atoms with Crippen molar-refractivity contribution < 1.29 is 8.83 Å². The molecule has 25 heavy (non-hydrogen) atoms. The van der Waals surface area contributed by atoms with Gasteiger partial charge in [-0.2, -0.15) is 0 Å². The van der Waals surface area contributed by atoms with Gasteiger partial charge in [0.2, 0.25) is 17.7 Å². The van der Waals surface area contributed by atoms with Crippen LogP contribution in [0.2, 0.25) is 0 Å². The first kappa shape index (κ1) is 15.6. The van der Waals surface area contributed by atoms with E-state index in [0.29, 0.717) is 28.6 Å². The fourth-order valence-electron chi connectivity index (χ4n) is 2.32. The summed E-state index contributed by atoms with van der Waals surface area (Å²) in [5, 5.41) is 16.8. The second kappa shape index (κ2) is 6.90. The molecule has 0 aliphatic carbocycles. The molecule has 0 aliphatic heterocycles. The van der Waals surface area contributed by atoms with Gasteiger partial charge in [0.25, 0.3) is 5.22 Å². The third-order valence-corrected chi connectivity index (χ3v) is 4.39. The van der Waals surface area contributed by atoms with Crippen molar-refractivity contribution in [3.05, 3.63) is 66.1 Å². The van der Waals surface area contributed by atoms with Crippen molar-refractivity contribution in [3.8, 4) is 22.9 Å². The largest absolute Gasteiger partial charge is 0.420 e. The zero-order valence-electron chi connectivity index (χ0n) is 13.4. The highest BCUT2D eigenvalue weighted by molar-refractivity contribution is 7.98. The van der Waals surface area contributed by atoms with Gasteiger partial charge in [0.05, 0.1) is 5.75 Å². The number of rotatable bonds is 5. The molecule has 0 N–H and O–H groups in total. The van der Waals surface area contributed by atoms with Crippen molar-refractivity contribution in [1.29, 1.82) is 0 Å². The second-order valence-corrected chi connectivity index (χ2v) is 6.27. The Morgan fingerprint density at radius 1 is 0.800 bits per heavy atom. The molecule has 0 amide bonds. The summed E-state index contributed by atoms with van der Waals surface area (Å²) < 4.78 is 11.4. The molecule has 0 unspecified atom stereocenters. The molecule has 4 aromatic rings. The fourth-order valence-corrected chi connectivity index (χ4v) is 2.92. The molecule has 7 heteroatoms. The Hall–Kier alpha value is -2.93. The molecule has 2 aromatic heterocycles. The van der Waals surface area contributed by atoms with Crippen molar-refractivity contribution in [1.82, 2.24) is 20.4 Å². The number of hydrogen-bond donors (Lipinski definition) is 0. The van der Waals surface area contributed by atoms with Gasteiger partial charge in [-0.3, -0.25) is 0 Å². The smallest absolute Gasteiger partial charge is 0.277 e. The Morgan fingerprint density at radius 2 is 1.56 bits per heavy atom. The molecule has 124 valence electrons. The van der Waals surface area contributed by atoms with E-state index in [2.05, 4.69) is 20.4 Å². The van der Waals surface area contributed by atoms with E-state index in [1.54, 1.807) is 0 Å². The van der Waals surface area contributed by atoms with Gasteiger partial charge in [-0.05, 0) is 30.7 Å². The predicted molar refractivity (Wildman–Crippen MR) is 93.8 cm³/mol. The van der Waals surface area contributed by atoms with Crippen LogP contribution in [-0.2, 0) is 5.75 Å². The van der Waals surface area contributed by atoms with Crippen molar-refractivity contribution >= 4 is 11.8 Å². The number of hydrogen-bond acceptors (Lipinski definition) is 7. The van der Waals surface area contributed by atoms with E-state index < -0.39 is 0 Å². The van der Waals surface area contributed by atoms with E-state index in [1.165, 1.54) is 11.8 Å². The Balaban J connectivity index is 1.44. The summed E-state index contributed by atoms with van der Waals surface area (Å²) in [5.41, 5.74) is 2.92. The highest BCUT2D eigenvalue weighted by atomic mass is 32.2. The van der Waals surface area contributed by atoms with Crippen molar-refractivity contribution in [2.75, 3.05) is 0 Å². The lowest BCUT2D eigenvalue weighted by Crippen LogP contribution is -1.81. The van der Waals surface area contributed by atoms with Crippen LogP contribution in [0.4, 0.5) is 0 Å². The highest BCUT2D eigenvalue weighted by Gasteiger charge is 2.13. The predicted octanol–water partition coefficient (Wildman–Crippen LogP) is 4.39. The molecule has 4 rings (SSSR count). The molecule has 0 fully saturated rings. The van der Waals surface area contributed by atoms with Crippen LogP contribution in [-0.4, -0.2) is 20.4 Å². The first-order chi connectivity index (χ1) is 12.3. The molecule has 0 saturated heterocycles. The van der Waals surface area contributed by atoms with E-state index in [1.807, 2.05) is 61.5 Å². The van der Waals surface area contributed by atoms with Crippen molar-refractivity contribution in [3.63, 3.8) is 0 Å². The maximum Gasteiger partial charge on any atom is 0.277 e. The zero-order chi connectivity index (χ0) is 17.1. The lowest BCUT2D eigenvalue weighted by Gasteiger charge is -1.98. The van der Waals surface area contributed by atoms with Crippen LogP contribution in [0.1, 0.15) is 11.5 Å². The average molecular weight is 350 g/mol. The normalized spacial score (nSPS) is 10.9. The number of thioether (sulfide) groups is 1. The van der Waals surface area contributed by atoms with Gasteiger partial charge >= 0.3 is 0 Å². The Labute approximate surface area is 148 Å². The Bertz CT molecular complexity index is 981. The topological polar surface area (TPSA) is 77.8 Å². The lowest BCUT2D eigenvalue weighted by atomic mass is 10.1. The SMILES string of the molecule is Cc1ccccc1-c1nnc(SCc2nnc(-c3ccccc3)o2)o1. The molecular weight excluding hydrogens is 336 g/mol. The van der Waals surface area contributed by atoms with Crippen LogP contribution in [0.25, 0.3) is 22.9 Å². The van der Waals surface area contributed by atoms with E-state index in [4.69, 9.17) is 8.83 Å². The minimum atomic E-state index is 0.467. The number of benzene rings is 2. The maximum atomic E-state index is 5.71. The standard InChI is InChI=1S/C18H14N4O2S/c1-12-7-5-6-10-14(12)17-21-22-18(24-17)25-11-15-19-20-16(23-15)13-8-3-2-4-9-13/h2-10H,11H2,1H3. The summed E-state index contributed by atoms with van der Waals surface area (Å²) in [7, 11) is 0. The molecule has 0 radical (unpaired) electrons. The number of nitrogens with zero attached hydrogens (tertiary/aromatic N) is 4. The molecule has 0 aliphatic rings. The van der Waals surface area contributed by atoms with Crippen LogP contribution < -0.4 is 0 Å². The van der Waals surface area contributed by atoms with Crippen molar-refractivity contribution in [2.45, 2.75) is 17.9 Å². The van der Waals surface area contributed by atoms with Gasteiger partial charge in [0.15, 0.2) is 0 Å². The summed E-state index contributed by atoms with van der Waals surface area (Å²) in [6.07, 6.45) is 0. The van der Waals surface area contributed by atoms with E-state index in [-0.39, 0.29) is 0 Å². The molecular formula is C18H14N4O2S. The number of aryl methyl sites for hydroxylation is 1. The van der Waals surface area contributed by atoms with Crippen LogP contribution in [0.3, 0.4) is 0 Å². The Morgan fingerprint density at radius 3 is 2.40 bits per heavy atom. The first-order valence-corrected chi connectivity index (χ1v) is 8.68. The molecule has 0 saturated carbocycles. The number of aromatic nitrogens is 4. The molecule has 6 nitrogen and oxygen atoms in total. The molecule has 2 heterocycles. The summed E-state index contributed by atoms with van der Waals surface area (Å²) in [4.78, 5) is 0. The third kappa shape index (κ3) is 3.46. The minimum absolute atomic E-state index is 0.467. The molecule has 0 bridgehead atoms. The summed E-state index contributed by atoms with van der Waals surface area (Å²) in [5.74, 6) is 1.99. The quantitative estimate of drug-likeness (QED) is 0.494. The first-order valence-electron chi connectivity index (χ1n) is 7.70. The van der Waals surface area contributed by atoms with Gasteiger partial charge < -0.3 is 8.83 Å². The third-order valence-electron chi connectivity index (χ3n) is 3.59. The van der Waals surface area contributed by atoms with Crippen LogP contribution in [0.5, 0.6) is 0 Å². The molecule has 2 aromatic carbocycles. The zero-order valence-corrected chi connectivity index (χ0v) is 14.2. The van der Waals surface area contributed by atoms with Gasteiger partial charge in [-0.25, -0.2) is 0 Å².